The molecule has 71 valence electrons. The van der Waals surface area contributed by atoms with Crippen LogP contribution in [-0.4, -0.2) is 31.8 Å². The third kappa shape index (κ3) is 10.0. The molecule has 0 saturated heterocycles. The second-order valence-corrected chi connectivity index (χ2v) is 2.61. The van der Waals surface area contributed by atoms with Crippen LogP contribution in [0.15, 0.2) is 12.2 Å². The molecule has 0 saturated carbocycles. The van der Waals surface area contributed by atoms with E-state index in [1.165, 1.54) is 6.41 Å². The van der Waals surface area contributed by atoms with Gasteiger partial charge in [0, 0.05) is 32.7 Å². The molecule has 1 aliphatic heterocycles. The van der Waals surface area contributed by atoms with Crippen molar-refractivity contribution in [2.24, 2.45) is 0 Å². The average Bonchev–Trinajstić information content (AvgIpc) is 2.35. The van der Waals surface area contributed by atoms with E-state index in [0.717, 1.165) is 12.2 Å². The van der Waals surface area contributed by atoms with Gasteiger partial charge in [-0.1, -0.05) is 0 Å². The number of imide groups is 1. The fourth-order valence-corrected chi connectivity index (χ4v) is 0.462. The quantitative estimate of drug-likeness (QED) is 0.231. The summed E-state index contributed by atoms with van der Waals surface area (Å²) in [5.41, 5.74) is -0.359. The Hall–Kier alpha value is -0.0512. The van der Waals surface area contributed by atoms with E-state index in [4.69, 9.17) is 7.85 Å². The number of hydrogen-bond acceptors (Lipinski definition) is 3. The Balaban J connectivity index is 0. The fourth-order valence-electron chi connectivity index (χ4n) is 0.394. The van der Waals surface area contributed by atoms with E-state index in [9.17, 15) is 14.4 Å². The summed E-state index contributed by atoms with van der Waals surface area (Å²) in [5.74, 6) is -0.907. The molecule has 2 unspecified atom stereocenters. The number of hydrogen-bond donors (Lipinski definition) is 1. The Morgan fingerprint density at radius 1 is 1.43 bits per heavy atom. The van der Waals surface area contributed by atoms with E-state index >= 15 is 0 Å². The first-order valence-electron chi connectivity index (χ1n) is 3.18. The zero-order valence-electron chi connectivity index (χ0n) is 7.14. The summed E-state index contributed by atoms with van der Waals surface area (Å²) < 4.78 is 0. The SMILES string of the molecule is O=C1C=CC(=O)[N-]1.[B]C(P)N[C-]=O.[Y]. The zero-order valence-corrected chi connectivity index (χ0v) is 11.1. The minimum absolute atomic E-state index is 0. The predicted molar refractivity (Wildman–Crippen MR) is 50.6 cm³/mol. The fraction of sp³-hybridized carbons (Fsp3) is 0.167. The van der Waals surface area contributed by atoms with E-state index in [-0.39, 0.29) is 38.4 Å². The number of carbonyl (C=O) groups excluding carboxylic acids is 3. The van der Waals surface area contributed by atoms with Gasteiger partial charge >= 0.3 is 0 Å². The molecule has 3 radical (unpaired) electrons. The molecule has 0 aromatic carbocycles. The molecular formula is C6H6BN2O3PY-2. The molecule has 0 aromatic rings. The monoisotopic (exact) mass is 285 g/mol. The van der Waals surface area contributed by atoms with Gasteiger partial charge in [-0.15, -0.1) is 9.24 Å². The molecule has 3 amide bonds. The molecule has 8 heteroatoms. The molecule has 0 bridgehead atoms. The number of rotatable bonds is 2. The van der Waals surface area contributed by atoms with Crippen molar-refractivity contribution >= 4 is 35.3 Å². The molecular weight excluding hydrogens is 279 g/mol. The number of nitrogens with zero attached hydrogens (tertiary/aromatic N) is 1. The normalized spacial score (nSPS) is 14.4. The molecule has 14 heavy (non-hydrogen) atoms. The predicted octanol–water partition coefficient (Wildman–Crippen LogP) is -1.05. The summed E-state index contributed by atoms with van der Waals surface area (Å²) in [6.07, 6.45) is 3.70. The Morgan fingerprint density at radius 3 is 1.93 bits per heavy atom. The summed E-state index contributed by atoms with van der Waals surface area (Å²) in [4.78, 5) is 29.2. The number of amides is 3. The Bertz CT molecular complexity index is 231. The first-order chi connectivity index (χ1) is 6.06. The smallest absolute Gasteiger partial charge is 0.101 e. The van der Waals surface area contributed by atoms with E-state index < -0.39 is 11.8 Å². The van der Waals surface area contributed by atoms with Crippen LogP contribution in [0.4, 0.5) is 0 Å². The molecule has 1 rings (SSSR count). The van der Waals surface area contributed by atoms with Gasteiger partial charge in [-0.25, -0.2) is 0 Å². The first-order valence-corrected chi connectivity index (χ1v) is 3.84. The average molecular weight is 285 g/mol. The van der Waals surface area contributed by atoms with E-state index in [1.54, 1.807) is 0 Å². The summed E-state index contributed by atoms with van der Waals surface area (Å²) in [6, 6.07) is 0. The van der Waals surface area contributed by atoms with Gasteiger partial charge in [0.15, 0.2) is 0 Å². The van der Waals surface area contributed by atoms with E-state index in [1.807, 2.05) is 0 Å². The van der Waals surface area contributed by atoms with Crippen LogP contribution in [0.1, 0.15) is 0 Å². The zero-order chi connectivity index (χ0) is 10.3. The van der Waals surface area contributed by atoms with Crippen LogP contribution in [0, 0.1) is 0 Å². The molecule has 1 N–H and O–H groups in total. The van der Waals surface area contributed by atoms with Crippen LogP contribution in [0.25, 0.3) is 5.32 Å². The van der Waals surface area contributed by atoms with Gasteiger partial charge in [-0.3, -0.25) is 0 Å². The summed E-state index contributed by atoms with van der Waals surface area (Å²) in [5, 5.41) is 5.14. The van der Waals surface area contributed by atoms with Crippen molar-refractivity contribution in [1.29, 1.82) is 0 Å². The standard InChI is InChI=1S/C4H3NO2.C2H4BNOP.Y/c6-3-1-2-4(7)5-3;3-2(6)4-1-5;/h1-2H,(H,5,6,7);2H,6H2,(H,4,5);/q;-1;/p-1. The number of nitrogens with one attached hydrogen (secondary N) is 1. The van der Waals surface area contributed by atoms with E-state index in [2.05, 4.69) is 19.9 Å². The molecule has 0 aromatic heterocycles. The molecule has 5 nitrogen and oxygen atoms in total. The molecule has 0 aliphatic carbocycles. The van der Waals surface area contributed by atoms with Crippen LogP contribution in [0.5, 0.6) is 0 Å². The third-order valence-corrected chi connectivity index (χ3v) is 0.981. The van der Waals surface area contributed by atoms with Crippen molar-refractivity contribution in [2.75, 3.05) is 0 Å². The first kappa shape index (κ1) is 16.4. The maximum atomic E-state index is 9.98. The topological polar surface area (TPSA) is 77.3 Å². The maximum Gasteiger partial charge on any atom is 0.101 e. The molecule has 0 fully saturated rings. The van der Waals surface area contributed by atoms with Crippen molar-refractivity contribution in [3.05, 3.63) is 17.5 Å². The van der Waals surface area contributed by atoms with Gasteiger partial charge < -0.3 is 25.0 Å². The minimum Gasteiger partial charge on any atom is -0.589 e. The van der Waals surface area contributed by atoms with Gasteiger partial charge in [0.2, 0.25) is 0 Å². The van der Waals surface area contributed by atoms with E-state index in [0.29, 0.717) is 0 Å². The molecule has 0 spiro atoms. The van der Waals surface area contributed by atoms with Gasteiger partial charge in [-0.05, 0) is 17.8 Å². The largest absolute Gasteiger partial charge is 0.589 e. The van der Waals surface area contributed by atoms with Crippen LogP contribution in [0.3, 0.4) is 0 Å². The van der Waals surface area contributed by atoms with Crippen molar-refractivity contribution in [3.8, 4) is 0 Å². The van der Waals surface area contributed by atoms with Crippen molar-refractivity contribution < 1.29 is 47.1 Å². The third-order valence-electron chi connectivity index (χ3n) is 0.814. The summed E-state index contributed by atoms with van der Waals surface area (Å²) >= 11 is 0. The number of carbonyl (C=O) groups is 2. The second-order valence-electron chi connectivity index (χ2n) is 1.89. The Labute approximate surface area is 110 Å². The second kappa shape index (κ2) is 9.50. The Morgan fingerprint density at radius 2 is 1.86 bits per heavy atom. The van der Waals surface area contributed by atoms with Crippen molar-refractivity contribution in [1.82, 2.24) is 5.32 Å². The molecule has 1 aliphatic rings. The minimum atomic E-state index is -0.454. The van der Waals surface area contributed by atoms with Gasteiger partial charge in [0.25, 0.3) is 0 Å². The molecule has 2 atom stereocenters. The van der Waals surface area contributed by atoms with Gasteiger partial charge in [0.05, 0.1) is 11.8 Å². The van der Waals surface area contributed by atoms with Crippen LogP contribution >= 0.6 is 9.24 Å². The van der Waals surface area contributed by atoms with Gasteiger partial charge in [-0.2, -0.15) is 6.41 Å². The van der Waals surface area contributed by atoms with Gasteiger partial charge in [0.1, 0.15) is 7.85 Å². The van der Waals surface area contributed by atoms with Crippen LogP contribution < -0.4 is 5.32 Å². The van der Waals surface area contributed by atoms with Crippen molar-refractivity contribution in [2.45, 2.75) is 5.68 Å². The van der Waals surface area contributed by atoms with Crippen molar-refractivity contribution in [3.63, 3.8) is 0 Å². The summed E-state index contributed by atoms with van der Waals surface area (Å²) in [6.45, 7) is 0. The van der Waals surface area contributed by atoms with Crippen LogP contribution in [0.2, 0.25) is 0 Å². The molecule has 1 heterocycles. The Kier molecular flexibility index (Phi) is 11.1. The summed E-state index contributed by atoms with van der Waals surface area (Å²) in [7, 11) is 7.17. The maximum absolute atomic E-state index is 9.98. The van der Waals surface area contributed by atoms with Crippen LogP contribution in [-0.2, 0) is 47.1 Å².